The summed E-state index contributed by atoms with van der Waals surface area (Å²) in [5.41, 5.74) is 1.38. The SMILES string of the molecule is O=C(COC(=O)c1ccc(-n2cccc2)cc1)Nc1ccc(OC(F)(F)F)cc1. The first-order valence-corrected chi connectivity index (χ1v) is 8.36. The van der Waals surface area contributed by atoms with Gasteiger partial charge in [0.2, 0.25) is 0 Å². The maximum absolute atomic E-state index is 12.1. The van der Waals surface area contributed by atoms with Crippen LogP contribution in [0.1, 0.15) is 10.4 Å². The lowest BCUT2D eigenvalue weighted by Crippen LogP contribution is -2.21. The van der Waals surface area contributed by atoms with Crippen LogP contribution in [-0.4, -0.2) is 29.4 Å². The van der Waals surface area contributed by atoms with Crippen LogP contribution < -0.4 is 10.1 Å². The van der Waals surface area contributed by atoms with Gasteiger partial charge in [0.15, 0.2) is 6.61 Å². The highest BCUT2D eigenvalue weighted by Crippen LogP contribution is 2.23. The van der Waals surface area contributed by atoms with Gasteiger partial charge in [-0.15, -0.1) is 13.2 Å². The molecule has 0 aliphatic carbocycles. The van der Waals surface area contributed by atoms with Crippen molar-refractivity contribution in [3.05, 3.63) is 78.6 Å². The topological polar surface area (TPSA) is 69.6 Å². The zero-order valence-electron chi connectivity index (χ0n) is 14.8. The second-order valence-electron chi connectivity index (χ2n) is 5.83. The van der Waals surface area contributed by atoms with Crippen molar-refractivity contribution in [3.8, 4) is 11.4 Å². The summed E-state index contributed by atoms with van der Waals surface area (Å²) >= 11 is 0. The van der Waals surface area contributed by atoms with Crippen molar-refractivity contribution in [3.63, 3.8) is 0 Å². The molecule has 3 aromatic rings. The summed E-state index contributed by atoms with van der Waals surface area (Å²) in [6.45, 7) is -0.543. The Morgan fingerprint density at radius 2 is 1.55 bits per heavy atom. The molecule has 1 N–H and O–H groups in total. The lowest BCUT2D eigenvalue weighted by molar-refractivity contribution is -0.274. The number of nitrogens with zero attached hydrogens (tertiary/aromatic N) is 1. The van der Waals surface area contributed by atoms with Crippen molar-refractivity contribution in [2.45, 2.75) is 6.36 Å². The number of hydrogen-bond donors (Lipinski definition) is 1. The molecule has 0 bridgehead atoms. The fourth-order valence-electron chi connectivity index (χ4n) is 2.43. The van der Waals surface area contributed by atoms with Crippen LogP contribution in [0.4, 0.5) is 18.9 Å². The molecule has 0 aliphatic heterocycles. The molecule has 150 valence electrons. The summed E-state index contributed by atoms with van der Waals surface area (Å²) in [6, 6.07) is 15.0. The van der Waals surface area contributed by atoms with Crippen LogP contribution in [0.2, 0.25) is 0 Å². The molecular formula is C20H15F3N2O4. The molecule has 3 rings (SSSR count). The fraction of sp³-hybridized carbons (Fsp3) is 0.100. The number of esters is 1. The van der Waals surface area contributed by atoms with E-state index in [0.29, 0.717) is 0 Å². The highest BCUT2D eigenvalue weighted by Gasteiger charge is 2.30. The van der Waals surface area contributed by atoms with Gasteiger partial charge in [0.1, 0.15) is 5.75 Å². The highest BCUT2D eigenvalue weighted by molar-refractivity contribution is 5.95. The first-order chi connectivity index (χ1) is 13.8. The molecule has 0 atom stereocenters. The van der Waals surface area contributed by atoms with Crippen LogP contribution in [0.3, 0.4) is 0 Å². The van der Waals surface area contributed by atoms with Crippen molar-refractivity contribution < 1.29 is 32.2 Å². The molecule has 1 amide bonds. The average Bonchev–Trinajstić information content (AvgIpc) is 3.21. The second-order valence-corrected chi connectivity index (χ2v) is 5.83. The molecular weight excluding hydrogens is 389 g/mol. The summed E-state index contributed by atoms with van der Waals surface area (Å²) in [6.07, 6.45) is -1.07. The van der Waals surface area contributed by atoms with Gasteiger partial charge in [0, 0.05) is 23.8 Å². The van der Waals surface area contributed by atoms with E-state index >= 15 is 0 Å². The second kappa shape index (κ2) is 8.51. The summed E-state index contributed by atoms with van der Waals surface area (Å²) in [5, 5.41) is 2.41. The lowest BCUT2D eigenvalue weighted by atomic mass is 10.2. The fourth-order valence-corrected chi connectivity index (χ4v) is 2.43. The molecule has 1 heterocycles. The van der Waals surface area contributed by atoms with E-state index in [1.165, 1.54) is 12.1 Å². The number of rotatable bonds is 6. The van der Waals surface area contributed by atoms with Crippen LogP contribution in [0.5, 0.6) is 5.75 Å². The Morgan fingerprint density at radius 3 is 2.14 bits per heavy atom. The quantitative estimate of drug-likeness (QED) is 0.626. The number of anilines is 1. The third kappa shape index (κ3) is 5.86. The zero-order valence-corrected chi connectivity index (χ0v) is 14.8. The molecule has 0 saturated carbocycles. The van der Waals surface area contributed by atoms with Crippen molar-refractivity contribution in [1.29, 1.82) is 0 Å². The standard InChI is InChI=1S/C20H15F3N2O4/c21-20(22,23)29-17-9-5-15(6-10-17)24-18(26)13-28-19(27)14-3-7-16(8-4-14)25-11-1-2-12-25/h1-12H,13H2,(H,24,26). The Morgan fingerprint density at radius 1 is 0.931 bits per heavy atom. The van der Waals surface area contributed by atoms with E-state index in [9.17, 15) is 22.8 Å². The minimum atomic E-state index is -4.79. The highest BCUT2D eigenvalue weighted by atomic mass is 19.4. The number of aromatic nitrogens is 1. The number of nitrogens with one attached hydrogen (secondary N) is 1. The molecule has 2 aromatic carbocycles. The van der Waals surface area contributed by atoms with E-state index in [2.05, 4.69) is 10.1 Å². The van der Waals surface area contributed by atoms with Gasteiger partial charge in [-0.1, -0.05) is 0 Å². The summed E-state index contributed by atoms with van der Waals surface area (Å²) in [5.74, 6) is -1.72. The molecule has 0 saturated heterocycles. The third-order valence-corrected chi connectivity index (χ3v) is 3.71. The van der Waals surface area contributed by atoms with Gasteiger partial charge in [0.05, 0.1) is 5.56 Å². The van der Waals surface area contributed by atoms with Crippen molar-refractivity contribution in [2.75, 3.05) is 11.9 Å². The first kappa shape index (κ1) is 20.0. The van der Waals surface area contributed by atoms with E-state index < -0.39 is 30.6 Å². The van der Waals surface area contributed by atoms with E-state index in [4.69, 9.17) is 4.74 Å². The van der Waals surface area contributed by atoms with E-state index in [-0.39, 0.29) is 11.3 Å². The largest absolute Gasteiger partial charge is 0.573 e. The molecule has 0 fully saturated rings. The number of alkyl halides is 3. The van der Waals surface area contributed by atoms with E-state index in [1.54, 1.807) is 24.3 Å². The third-order valence-electron chi connectivity index (χ3n) is 3.71. The number of carbonyl (C=O) groups is 2. The Hall–Kier alpha value is -3.75. The molecule has 0 radical (unpaired) electrons. The number of benzene rings is 2. The van der Waals surface area contributed by atoms with Gasteiger partial charge in [0.25, 0.3) is 5.91 Å². The Labute approximate surface area is 163 Å². The molecule has 9 heteroatoms. The minimum Gasteiger partial charge on any atom is -0.452 e. The summed E-state index contributed by atoms with van der Waals surface area (Å²) in [4.78, 5) is 23.9. The minimum absolute atomic E-state index is 0.233. The lowest BCUT2D eigenvalue weighted by Gasteiger charge is -2.10. The van der Waals surface area contributed by atoms with E-state index in [1.807, 2.05) is 29.1 Å². The van der Waals surface area contributed by atoms with Gasteiger partial charge in [-0.2, -0.15) is 0 Å². The van der Waals surface area contributed by atoms with Gasteiger partial charge in [-0.3, -0.25) is 4.79 Å². The molecule has 29 heavy (non-hydrogen) atoms. The number of amides is 1. The molecule has 0 unspecified atom stereocenters. The van der Waals surface area contributed by atoms with Crippen LogP contribution in [0, 0.1) is 0 Å². The molecule has 6 nitrogen and oxygen atoms in total. The van der Waals surface area contributed by atoms with Crippen molar-refractivity contribution in [1.82, 2.24) is 4.57 Å². The van der Waals surface area contributed by atoms with E-state index in [0.717, 1.165) is 17.8 Å². The van der Waals surface area contributed by atoms with Gasteiger partial charge >= 0.3 is 12.3 Å². The Kier molecular flexibility index (Phi) is 5.87. The Bertz CT molecular complexity index is 966. The monoisotopic (exact) mass is 404 g/mol. The van der Waals surface area contributed by atoms with Gasteiger partial charge < -0.3 is 19.4 Å². The predicted molar refractivity (Wildman–Crippen MR) is 97.8 cm³/mol. The molecule has 1 aromatic heterocycles. The van der Waals surface area contributed by atoms with Crippen molar-refractivity contribution >= 4 is 17.6 Å². The predicted octanol–water partition coefficient (Wildman–Crippen LogP) is 4.17. The summed E-state index contributed by atoms with van der Waals surface area (Å²) in [7, 11) is 0. The van der Waals surface area contributed by atoms with Crippen LogP contribution >= 0.6 is 0 Å². The van der Waals surface area contributed by atoms with Crippen LogP contribution in [0.25, 0.3) is 5.69 Å². The normalized spacial score (nSPS) is 11.0. The smallest absolute Gasteiger partial charge is 0.452 e. The molecule has 0 aliphatic rings. The maximum atomic E-state index is 12.1. The average molecular weight is 404 g/mol. The number of hydrogen-bond acceptors (Lipinski definition) is 4. The van der Waals surface area contributed by atoms with Crippen molar-refractivity contribution in [2.24, 2.45) is 0 Å². The summed E-state index contributed by atoms with van der Waals surface area (Å²) < 4.78 is 46.9. The van der Waals surface area contributed by atoms with Gasteiger partial charge in [-0.05, 0) is 60.7 Å². The number of halogens is 3. The maximum Gasteiger partial charge on any atom is 0.573 e. The first-order valence-electron chi connectivity index (χ1n) is 8.36. The number of carbonyl (C=O) groups excluding carboxylic acids is 2. The van der Waals surface area contributed by atoms with Crippen LogP contribution in [0.15, 0.2) is 73.1 Å². The Balaban J connectivity index is 1.49. The number of ether oxygens (including phenoxy) is 2. The molecule has 0 spiro atoms. The van der Waals surface area contributed by atoms with Gasteiger partial charge in [-0.25, -0.2) is 4.79 Å². The van der Waals surface area contributed by atoms with Crippen LogP contribution in [-0.2, 0) is 9.53 Å². The zero-order chi connectivity index (χ0) is 20.9.